The number of benzene rings is 1. The Kier molecular flexibility index (Phi) is 4.54. The molecular weight excluding hydrogens is 464 g/mol. The molecule has 2 spiro atoms. The zero-order valence-electron chi connectivity index (χ0n) is 20.1. The second kappa shape index (κ2) is 7.29. The van der Waals surface area contributed by atoms with Crippen molar-refractivity contribution in [3.8, 4) is 0 Å². The van der Waals surface area contributed by atoms with Gasteiger partial charge in [-0.2, -0.15) is 5.10 Å². The van der Waals surface area contributed by atoms with Crippen molar-refractivity contribution in [2.24, 2.45) is 10.8 Å². The fourth-order valence-corrected chi connectivity index (χ4v) is 7.47. The highest BCUT2D eigenvalue weighted by Crippen LogP contribution is 2.56. The molecule has 1 N–H and O–H groups in total. The molecule has 1 aromatic heterocycles. The van der Waals surface area contributed by atoms with Crippen molar-refractivity contribution in [3.05, 3.63) is 41.5 Å². The van der Waals surface area contributed by atoms with E-state index in [0.29, 0.717) is 16.7 Å². The minimum absolute atomic E-state index is 0.193. The van der Waals surface area contributed by atoms with Crippen molar-refractivity contribution in [2.45, 2.75) is 49.0 Å². The number of hydrogen-bond acceptors (Lipinski definition) is 6. The summed E-state index contributed by atoms with van der Waals surface area (Å²) in [7, 11) is -3.19. The lowest BCUT2D eigenvalue weighted by Crippen LogP contribution is -2.75. The quantitative estimate of drug-likeness (QED) is 0.681. The number of likely N-dealkylation sites (tertiary alicyclic amines) is 3. The zero-order valence-corrected chi connectivity index (χ0v) is 20.9. The fraction of sp³-hybridized carbons (Fsp3) is 0.640. The molecule has 2 aliphatic carbocycles. The molecule has 0 radical (unpaired) electrons. The summed E-state index contributed by atoms with van der Waals surface area (Å²) in [4.78, 5) is 24.4. The molecule has 0 unspecified atom stereocenters. The molecule has 9 nitrogen and oxygen atoms in total. The van der Waals surface area contributed by atoms with E-state index in [1.807, 2.05) is 21.9 Å². The van der Waals surface area contributed by atoms with Crippen molar-refractivity contribution < 1.29 is 13.2 Å². The first-order chi connectivity index (χ1) is 16.7. The lowest BCUT2D eigenvalue weighted by Gasteiger charge is -2.63. The maximum atomic E-state index is 13.0. The maximum Gasteiger partial charge on any atom is 0.320 e. The van der Waals surface area contributed by atoms with Crippen molar-refractivity contribution in [1.82, 2.24) is 29.9 Å². The van der Waals surface area contributed by atoms with E-state index in [1.165, 1.54) is 19.1 Å². The summed E-state index contributed by atoms with van der Waals surface area (Å²) in [6, 6.07) is 7.41. The Morgan fingerprint density at radius 1 is 1.03 bits per heavy atom. The molecule has 4 heterocycles. The molecule has 0 atom stereocenters. The Balaban J connectivity index is 0.855. The highest BCUT2D eigenvalue weighted by molar-refractivity contribution is 7.90. The highest BCUT2D eigenvalue weighted by atomic mass is 32.2. The topological polar surface area (TPSA) is 103 Å². The first-order valence-corrected chi connectivity index (χ1v) is 14.6. The van der Waals surface area contributed by atoms with Crippen LogP contribution in [0.1, 0.15) is 54.7 Å². The molecule has 2 saturated carbocycles. The van der Waals surface area contributed by atoms with Gasteiger partial charge in [0.25, 0.3) is 0 Å². The first kappa shape index (κ1) is 21.8. The van der Waals surface area contributed by atoms with Crippen LogP contribution < -0.4 is 0 Å². The third-order valence-corrected chi connectivity index (χ3v) is 9.82. The molecule has 3 saturated heterocycles. The van der Waals surface area contributed by atoms with Gasteiger partial charge in [0.1, 0.15) is 5.82 Å². The molecular formula is C25H32N6O3S. The van der Waals surface area contributed by atoms with Crippen LogP contribution in [0.15, 0.2) is 29.2 Å². The van der Waals surface area contributed by atoms with E-state index in [9.17, 15) is 13.2 Å². The van der Waals surface area contributed by atoms with Crippen LogP contribution in [0.2, 0.25) is 0 Å². The van der Waals surface area contributed by atoms with Crippen LogP contribution in [-0.4, -0.2) is 89.9 Å². The largest absolute Gasteiger partial charge is 0.323 e. The van der Waals surface area contributed by atoms with E-state index in [4.69, 9.17) is 4.98 Å². The van der Waals surface area contributed by atoms with Gasteiger partial charge in [-0.3, -0.25) is 10.00 Å². The van der Waals surface area contributed by atoms with E-state index >= 15 is 0 Å². The third-order valence-electron chi connectivity index (χ3n) is 8.70. The molecule has 186 valence electrons. The lowest BCUT2D eigenvalue weighted by atomic mass is 9.57. The summed E-state index contributed by atoms with van der Waals surface area (Å²) >= 11 is 0. The third kappa shape index (κ3) is 3.76. The van der Waals surface area contributed by atoms with Crippen LogP contribution in [0.5, 0.6) is 0 Å². The summed E-state index contributed by atoms with van der Waals surface area (Å²) in [6.45, 7) is 6.08. The SMILES string of the molecule is CS(=O)(=O)c1cccc(CN2CC3(C2)CN(C(=O)N2CC4(CC(c5n[nH]c(C6CC6)n5)C4)C2)C3)c1. The predicted octanol–water partition coefficient (Wildman–Crippen LogP) is 2.20. The van der Waals surface area contributed by atoms with Gasteiger partial charge in [-0.1, -0.05) is 12.1 Å². The van der Waals surface area contributed by atoms with Crippen molar-refractivity contribution in [1.29, 1.82) is 0 Å². The van der Waals surface area contributed by atoms with Crippen molar-refractivity contribution >= 4 is 15.9 Å². The average molecular weight is 497 g/mol. The van der Waals surface area contributed by atoms with E-state index in [2.05, 4.69) is 15.1 Å². The smallest absolute Gasteiger partial charge is 0.320 e. The summed E-state index contributed by atoms with van der Waals surface area (Å²) in [5.74, 6) is 3.10. The molecule has 5 fully saturated rings. The van der Waals surface area contributed by atoms with Gasteiger partial charge < -0.3 is 9.80 Å². The van der Waals surface area contributed by atoms with Crippen LogP contribution in [0.25, 0.3) is 0 Å². The summed E-state index contributed by atoms with van der Waals surface area (Å²) in [5, 5.41) is 7.57. The fourth-order valence-electron chi connectivity index (χ4n) is 6.78. The summed E-state index contributed by atoms with van der Waals surface area (Å²) in [5.41, 5.74) is 1.53. The van der Waals surface area contributed by atoms with Gasteiger partial charge >= 0.3 is 6.03 Å². The van der Waals surface area contributed by atoms with Gasteiger partial charge in [-0.05, 0) is 43.4 Å². The molecule has 7 rings (SSSR count). The van der Waals surface area contributed by atoms with Crippen LogP contribution in [0.3, 0.4) is 0 Å². The van der Waals surface area contributed by atoms with Gasteiger partial charge in [-0.15, -0.1) is 0 Å². The molecule has 5 aliphatic rings. The number of urea groups is 1. The van der Waals surface area contributed by atoms with E-state index in [-0.39, 0.29) is 16.9 Å². The van der Waals surface area contributed by atoms with Gasteiger partial charge in [0.15, 0.2) is 15.7 Å². The number of sulfone groups is 1. The average Bonchev–Trinajstić information content (AvgIpc) is 3.44. The normalized spacial score (nSPS) is 25.2. The Morgan fingerprint density at radius 3 is 2.37 bits per heavy atom. The van der Waals surface area contributed by atoms with Gasteiger partial charge in [0.05, 0.1) is 4.90 Å². The Bertz CT molecular complexity index is 1270. The highest BCUT2D eigenvalue weighted by Gasteiger charge is 2.58. The number of rotatable bonds is 5. The minimum atomic E-state index is -3.19. The number of aromatic amines is 1. The van der Waals surface area contributed by atoms with Crippen LogP contribution in [-0.2, 0) is 16.4 Å². The second-order valence-corrected chi connectivity index (χ2v) is 14.0. The van der Waals surface area contributed by atoms with Gasteiger partial charge in [-0.25, -0.2) is 18.2 Å². The molecule has 1 aromatic carbocycles. The van der Waals surface area contributed by atoms with Crippen molar-refractivity contribution in [2.75, 3.05) is 45.5 Å². The van der Waals surface area contributed by atoms with Gasteiger partial charge in [0, 0.05) is 74.7 Å². The zero-order chi connectivity index (χ0) is 24.0. The first-order valence-electron chi connectivity index (χ1n) is 12.7. The molecule has 35 heavy (non-hydrogen) atoms. The van der Waals surface area contributed by atoms with Crippen LogP contribution in [0, 0.1) is 10.8 Å². The number of aromatic nitrogens is 3. The van der Waals surface area contributed by atoms with Gasteiger partial charge in [0.2, 0.25) is 0 Å². The number of amides is 2. The standard InChI is InChI=1S/C25H32N6O3S/c1-35(33,34)20-4-2-3-17(7-20)10-29-11-25(12-29)15-31(16-25)23(32)30-13-24(14-30)8-19(9-24)22-26-21(27-28-22)18-5-6-18/h2-4,7,18-19H,5-6,8-16H2,1H3,(H,26,27,28). The lowest BCUT2D eigenvalue weighted by molar-refractivity contribution is -0.116. The molecule has 0 bridgehead atoms. The van der Waals surface area contributed by atoms with E-state index in [0.717, 1.165) is 75.9 Å². The van der Waals surface area contributed by atoms with Crippen LogP contribution >= 0.6 is 0 Å². The monoisotopic (exact) mass is 496 g/mol. The molecule has 2 amide bonds. The second-order valence-electron chi connectivity index (χ2n) is 12.0. The maximum absolute atomic E-state index is 13.0. The number of carbonyl (C=O) groups excluding carboxylic acids is 1. The Morgan fingerprint density at radius 2 is 1.71 bits per heavy atom. The van der Waals surface area contributed by atoms with Crippen molar-refractivity contribution in [3.63, 3.8) is 0 Å². The Hall–Kier alpha value is -2.46. The number of nitrogens with zero attached hydrogens (tertiary/aromatic N) is 5. The molecule has 10 heteroatoms. The molecule has 2 aromatic rings. The van der Waals surface area contributed by atoms with E-state index < -0.39 is 9.84 Å². The number of carbonyl (C=O) groups is 1. The minimum Gasteiger partial charge on any atom is -0.323 e. The van der Waals surface area contributed by atoms with Crippen LogP contribution in [0.4, 0.5) is 4.79 Å². The number of hydrogen-bond donors (Lipinski definition) is 1. The Labute approximate surface area is 205 Å². The predicted molar refractivity (Wildman–Crippen MR) is 129 cm³/mol. The summed E-state index contributed by atoms with van der Waals surface area (Å²) < 4.78 is 23.6. The number of nitrogens with one attached hydrogen (secondary N) is 1. The van der Waals surface area contributed by atoms with E-state index in [1.54, 1.807) is 12.1 Å². The molecule has 3 aliphatic heterocycles. The summed E-state index contributed by atoms with van der Waals surface area (Å²) in [6.07, 6.45) is 5.90. The number of H-pyrrole nitrogens is 1.